The molecule has 0 aliphatic heterocycles. The van der Waals surface area contributed by atoms with E-state index in [1.165, 1.54) is 18.6 Å². The highest BCUT2D eigenvalue weighted by atomic mass is 19.1. The van der Waals surface area contributed by atoms with E-state index in [1.54, 1.807) is 25.1 Å². The Kier molecular flexibility index (Phi) is 10.1. The predicted molar refractivity (Wildman–Crippen MR) is 144 cm³/mol. The van der Waals surface area contributed by atoms with Gasteiger partial charge in [0.2, 0.25) is 5.91 Å². The van der Waals surface area contributed by atoms with Gasteiger partial charge in [-0.05, 0) is 72.9 Å². The number of carboxylic acid groups (broad SMARTS) is 1. The minimum atomic E-state index is -1.00. The molecule has 0 bridgehead atoms. The van der Waals surface area contributed by atoms with E-state index < -0.39 is 29.4 Å². The highest BCUT2D eigenvalue weighted by Gasteiger charge is 2.28. The summed E-state index contributed by atoms with van der Waals surface area (Å²) in [5, 5.41) is 12.3. The molecule has 37 heavy (non-hydrogen) atoms. The standard InChI is InChI=1S/C30H40F2N2O3/c1-5-21(15-30(36)37)24-16-27(33-29(35)14-22-12-11-20(4)13-25(22)31)28(17-26(24)32)34(18-19(2)3)23-9-7-6-8-10-23/h11-13,16-17,19,21,23H,5-10,14-15,18H2,1-4H3,(H,33,35)(H,36,37). The number of anilines is 2. The van der Waals surface area contributed by atoms with Gasteiger partial charge in [0, 0.05) is 12.6 Å². The summed E-state index contributed by atoms with van der Waals surface area (Å²) in [6.45, 7) is 8.53. The molecule has 7 heteroatoms. The Labute approximate surface area is 219 Å². The van der Waals surface area contributed by atoms with Crippen LogP contribution < -0.4 is 10.2 Å². The number of hydrogen-bond donors (Lipinski definition) is 2. The Hall–Kier alpha value is -2.96. The van der Waals surface area contributed by atoms with Crippen molar-refractivity contribution in [2.75, 3.05) is 16.8 Å². The van der Waals surface area contributed by atoms with E-state index in [1.807, 2.05) is 6.92 Å². The maximum Gasteiger partial charge on any atom is 0.303 e. The molecule has 2 aromatic carbocycles. The Bertz CT molecular complexity index is 1100. The fourth-order valence-electron chi connectivity index (χ4n) is 5.31. The van der Waals surface area contributed by atoms with Crippen LogP contribution in [0.3, 0.4) is 0 Å². The van der Waals surface area contributed by atoms with Crippen molar-refractivity contribution in [2.24, 2.45) is 5.92 Å². The van der Waals surface area contributed by atoms with E-state index in [2.05, 4.69) is 24.1 Å². The SMILES string of the molecule is CCC(CC(=O)O)c1cc(NC(=O)Cc2ccc(C)cc2F)c(N(CC(C)C)C2CCCCC2)cc1F. The molecule has 5 nitrogen and oxygen atoms in total. The predicted octanol–water partition coefficient (Wildman–Crippen LogP) is 7.22. The molecule has 1 saturated carbocycles. The molecule has 0 aromatic heterocycles. The summed E-state index contributed by atoms with van der Waals surface area (Å²) in [6.07, 6.45) is 5.46. The van der Waals surface area contributed by atoms with Crippen molar-refractivity contribution in [2.45, 2.75) is 91.0 Å². The number of nitrogens with one attached hydrogen (secondary N) is 1. The number of rotatable bonds is 11. The number of aliphatic carboxylic acids is 1. The summed E-state index contributed by atoms with van der Waals surface area (Å²) in [7, 11) is 0. The summed E-state index contributed by atoms with van der Waals surface area (Å²) in [6, 6.07) is 8.05. The number of nitrogens with zero attached hydrogens (tertiary/aromatic N) is 1. The molecular weight excluding hydrogens is 474 g/mol. The topological polar surface area (TPSA) is 69.6 Å². The average Bonchev–Trinajstić information content (AvgIpc) is 2.84. The van der Waals surface area contributed by atoms with Gasteiger partial charge in [0.15, 0.2) is 0 Å². The van der Waals surface area contributed by atoms with E-state index in [0.29, 0.717) is 30.3 Å². The van der Waals surface area contributed by atoms with E-state index in [0.717, 1.165) is 31.2 Å². The molecular formula is C30H40F2N2O3. The van der Waals surface area contributed by atoms with Crippen molar-refractivity contribution in [1.29, 1.82) is 0 Å². The molecule has 0 spiro atoms. The Morgan fingerprint density at radius 2 is 1.78 bits per heavy atom. The summed E-state index contributed by atoms with van der Waals surface area (Å²) >= 11 is 0. The molecule has 1 aliphatic rings. The van der Waals surface area contributed by atoms with Gasteiger partial charge < -0.3 is 15.3 Å². The first-order chi connectivity index (χ1) is 17.6. The number of benzene rings is 2. The number of hydrogen-bond acceptors (Lipinski definition) is 3. The largest absolute Gasteiger partial charge is 0.481 e. The summed E-state index contributed by atoms with van der Waals surface area (Å²) in [5.41, 5.74) is 2.39. The zero-order valence-corrected chi connectivity index (χ0v) is 22.4. The second-order valence-electron chi connectivity index (χ2n) is 10.8. The number of halogens is 2. The first kappa shape index (κ1) is 28.6. The lowest BCUT2D eigenvalue weighted by molar-refractivity contribution is -0.137. The van der Waals surface area contributed by atoms with Crippen molar-refractivity contribution in [3.8, 4) is 0 Å². The maximum absolute atomic E-state index is 15.6. The van der Waals surface area contributed by atoms with Crippen LogP contribution in [0, 0.1) is 24.5 Å². The molecule has 1 atom stereocenters. The molecule has 0 saturated heterocycles. The molecule has 1 amide bonds. The second kappa shape index (κ2) is 13.0. The maximum atomic E-state index is 15.6. The normalized spacial score (nSPS) is 15.0. The van der Waals surface area contributed by atoms with Gasteiger partial charge in [-0.15, -0.1) is 0 Å². The second-order valence-corrected chi connectivity index (χ2v) is 10.8. The smallest absolute Gasteiger partial charge is 0.303 e. The van der Waals surface area contributed by atoms with Crippen LogP contribution >= 0.6 is 0 Å². The van der Waals surface area contributed by atoms with Crippen LogP contribution in [0.1, 0.15) is 88.3 Å². The van der Waals surface area contributed by atoms with Crippen molar-refractivity contribution >= 4 is 23.3 Å². The number of carbonyl (C=O) groups excluding carboxylic acids is 1. The zero-order chi connectivity index (χ0) is 27.1. The zero-order valence-electron chi connectivity index (χ0n) is 22.4. The average molecular weight is 515 g/mol. The first-order valence-corrected chi connectivity index (χ1v) is 13.5. The van der Waals surface area contributed by atoms with Gasteiger partial charge in [0.05, 0.1) is 24.2 Å². The Balaban J connectivity index is 2.03. The summed E-state index contributed by atoms with van der Waals surface area (Å²) in [5.74, 6) is -2.52. The van der Waals surface area contributed by atoms with Crippen molar-refractivity contribution in [3.63, 3.8) is 0 Å². The molecule has 1 fully saturated rings. The third-order valence-corrected chi connectivity index (χ3v) is 7.19. The number of amides is 1. The molecule has 1 unspecified atom stereocenters. The van der Waals surface area contributed by atoms with Gasteiger partial charge in [0.1, 0.15) is 11.6 Å². The van der Waals surface area contributed by atoms with Crippen LogP contribution in [0.4, 0.5) is 20.2 Å². The van der Waals surface area contributed by atoms with Crippen LogP contribution in [-0.2, 0) is 16.0 Å². The molecule has 0 heterocycles. The highest BCUT2D eigenvalue weighted by Crippen LogP contribution is 2.38. The minimum absolute atomic E-state index is 0.155. The third-order valence-electron chi connectivity index (χ3n) is 7.19. The lowest BCUT2D eigenvalue weighted by atomic mass is 9.90. The Morgan fingerprint density at radius 3 is 2.38 bits per heavy atom. The van der Waals surface area contributed by atoms with Gasteiger partial charge in [-0.1, -0.05) is 52.2 Å². The van der Waals surface area contributed by atoms with E-state index >= 15 is 4.39 Å². The first-order valence-electron chi connectivity index (χ1n) is 13.5. The Morgan fingerprint density at radius 1 is 1.08 bits per heavy atom. The van der Waals surface area contributed by atoms with E-state index in [4.69, 9.17) is 0 Å². The van der Waals surface area contributed by atoms with Crippen LogP contribution in [0.2, 0.25) is 0 Å². The minimum Gasteiger partial charge on any atom is -0.481 e. The molecule has 1 aliphatic carbocycles. The van der Waals surface area contributed by atoms with Crippen LogP contribution in [0.25, 0.3) is 0 Å². The lowest BCUT2D eigenvalue weighted by Crippen LogP contribution is -2.40. The van der Waals surface area contributed by atoms with Crippen LogP contribution in [-0.4, -0.2) is 29.6 Å². The van der Waals surface area contributed by atoms with E-state index in [-0.39, 0.29) is 30.0 Å². The molecule has 202 valence electrons. The number of carboxylic acids is 1. The monoisotopic (exact) mass is 514 g/mol. The lowest BCUT2D eigenvalue weighted by Gasteiger charge is -2.38. The fourth-order valence-corrected chi connectivity index (χ4v) is 5.31. The highest BCUT2D eigenvalue weighted by molar-refractivity contribution is 5.96. The molecule has 0 radical (unpaired) electrons. The van der Waals surface area contributed by atoms with Crippen molar-refractivity contribution in [3.05, 3.63) is 58.7 Å². The fraction of sp³-hybridized carbons (Fsp3) is 0.533. The van der Waals surface area contributed by atoms with Crippen molar-refractivity contribution in [1.82, 2.24) is 0 Å². The van der Waals surface area contributed by atoms with Gasteiger partial charge in [-0.25, -0.2) is 8.78 Å². The van der Waals surface area contributed by atoms with E-state index in [9.17, 15) is 19.1 Å². The summed E-state index contributed by atoms with van der Waals surface area (Å²) < 4.78 is 30.0. The number of carbonyl (C=O) groups is 2. The van der Waals surface area contributed by atoms with Gasteiger partial charge in [-0.3, -0.25) is 9.59 Å². The molecule has 2 N–H and O–H groups in total. The van der Waals surface area contributed by atoms with Crippen LogP contribution in [0.5, 0.6) is 0 Å². The van der Waals surface area contributed by atoms with Crippen molar-refractivity contribution < 1.29 is 23.5 Å². The van der Waals surface area contributed by atoms with Crippen LogP contribution in [0.15, 0.2) is 30.3 Å². The molecule has 2 aromatic rings. The molecule has 3 rings (SSSR count). The number of aryl methyl sites for hydroxylation is 1. The quantitative estimate of drug-likeness (QED) is 0.332. The van der Waals surface area contributed by atoms with Gasteiger partial charge in [0.25, 0.3) is 0 Å². The third kappa shape index (κ3) is 7.76. The summed E-state index contributed by atoms with van der Waals surface area (Å²) in [4.78, 5) is 26.8. The van der Waals surface area contributed by atoms with Gasteiger partial charge >= 0.3 is 5.97 Å². The van der Waals surface area contributed by atoms with Gasteiger partial charge in [-0.2, -0.15) is 0 Å².